The van der Waals surface area contributed by atoms with E-state index in [1.807, 2.05) is 0 Å². The Bertz CT molecular complexity index is 525. The fraction of sp³-hybridized carbons (Fsp3) is 0.692. The standard InChI is InChI=1S/C13H18F3N3O2/c1-8(2)19-11(13(14,15)16)10(6-17-19)12(21)18-5-3-4-9(20)7-18/h6,8-9,20H,3-5,7H2,1-2H3. The van der Waals surface area contributed by atoms with Gasteiger partial charge in [-0.25, -0.2) is 0 Å². The van der Waals surface area contributed by atoms with Gasteiger partial charge in [-0.15, -0.1) is 0 Å². The van der Waals surface area contributed by atoms with Gasteiger partial charge in [-0.05, 0) is 26.7 Å². The van der Waals surface area contributed by atoms with Crippen LogP contribution in [0.5, 0.6) is 0 Å². The van der Waals surface area contributed by atoms with Crippen LogP contribution in [0.3, 0.4) is 0 Å². The van der Waals surface area contributed by atoms with Crippen molar-refractivity contribution in [1.29, 1.82) is 0 Å². The number of carbonyl (C=O) groups is 1. The summed E-state index contributed by atoms with van der Waals surface area (Å²) < 4.78 is 40.5. The monoisotopic (exact) mass is 305 g/mol. The van der Waals surface area contributed by atoms with E-state index in [0.29, 0.717) is 19.4 Å². The fourth-order valence-electron chi connectivity index (χ4n) is 2.50. The fourth-order valence-corrected chi connectivity index (χ4v) is 2.50. The number of aliphatic hydroxyl groups excluding tert-OH is 1. The van der Waals surface area contributed by atoms with Gasteiger partial charge in [0.15, 0.2) is 5.69 Å². The highest BCUT2D eigenvalue weighted by Gasteiger charge is 2.41. The molecule has 1 fully saturated rings. The molecule has 0 radical (unpaired) electrons. The van der Waals surface area contributed by atoms with Gasteiger partial charge in [0.1, 0.15) is 0 Å². The number of rotatable bonds is 2. The van der Waals surface area contributed by atoms with Crippen molar-refractivity contribution in [2.75, 3.05) is 13.1 Å². The van der Waals surface area contributed by atoms with Crippen LogP contribution in [0.15, 0.2) is 6.20 Å². The molecule has 1 atom stereocenters. The molecule has 1 amide bonds. The molecule has 0 spiro atoms. The molecular weight excluding hydrogens is 287 g/mol. The molecule has 1 aromatic rings. The quantitative estimate of drug-likeness (QED) is 0.910. The number of nitrogens with zero attached hydrogens (tertiary/aromatic N) is 3. The molecule has 118 valence electrons. The molecular formula is C13H18F3N3O2. The molecule has 1 N–H and O–H groups in total. The van der Waals surface area contributed by atoms with Gasteiger partial charge in [0, 0.05) is 19.1 Å². The molecule has 1 aromatic heterocycles. The largest absolute Gasteiger partial charge is 0.433 e. The van der Waals surface area contributed by atoms with Crippen LogP contribution >= 0.6 is 0 Å². The number of carbonyl (C=O) groups excluding carboxylic acids is 1. The number of likely N-dealkylation sites (tertiary alicyclic amines) is 1. The number of halogens is 3. The molecule has 8 heteroatoms. The second-order valence-electron chi connectivity index (χ2n) is 5.49. The first-order valence-electron chi connectivity index (χ1n) is 6.84. The van der Waals surface area contributed by atoms with E-state index in [1.165, 1.54) is 4.90 Å². The average molecular weight is 305 g/mol. The third kappa shape index (κ3) is 3.20. The molecule has 0 aliphatic carbocycles. The lowest BCUT2D eigenvalue weighted by molar-refractivity contribution is -0.145. The van der Waals surface area contributed by atoms with Crippen LogP contribution in [0.2, 0.25) is 0 Å². The van der Waals surface area contributed by atoms with Gasteiger partial charge in [-0.3, -0.25) is 9.48 Å². The Balaban J connectivity index is 2.37. The minimum Gasteiger partial charge on any atom is -0.391 e. The molecule has 0 bridgehead atoms. The van der Waals surface area contributed by atoms with Gasteiger partial charge >= 0.3 is 6.18 Å². The minimum atomic E-state index is -4.65. The summed E-state index contributed by atoms with van der Waals surface area (Å²) in [5.41, 5.74) is -1.48. The lowest BCUT2D eigenvalue weighted by Gasteiger charge is -2.30. The third-order valence-electron chi connectivity index (χ3n) is 3.47. The predicted molar refractivity (Wildman–Crippen MR) is 68.8 cm³/mol. The molecule has 1 saturated heterocycles. The predicted octanol–water partition coefficient (Wildman–Crippen LogP) is 2.08. The molecule has 1 unspecified atom stereocenters. The summed E-state index contributed by atoms with van der Waals surface area (Å²) in [7, 11) is 0. The normalized spacial score (nSPS) is 20.1. The maximum Gasteiger partial charge on any atom is 0.433 e. The van der Waals surface area contributed by atoms with E-state index in [-0.39, 0.29) is 6.54 Å². The molecule has 0 saturated carbocycles. The lowest BCUT2D eigenvalue weighted by atomic mass is 10.1. The van der Waals surface area contributed by atoms with Crippen LogP contribution in [-0.2, 0) is 6.18 Å². The molecule has 0 aromatic carbocycles. The van der Waals surface area contributed by atoms with E-state index in [1.54, 1.807) is 13.8 Å². The Labute approximate surface area is 120 Å². The number of hydrogen-bond donors (Lipinski definition) is 1. The molecule has 21 heavy (non-hydrogen) atoms. The van der Waals surface area contributed by atoms with Crippen molar-refractivity contribution in [2.24, 2.45) is 0 Å². The number of alkyl halides is 3. The summed E-state index contributed by atoms with van der Waals surface area (Å²) in [5, 5.41) is 13.3. The average Bonchev–Trinajstić information content (AvgIpc) is 2.82. The van der Waals surface area contributed by atoms with Gasteiger partial charge in [0.05, 0.1) is 17.9 Å². The Morgan fingerprint density at radius 3 is 2.67 bits per heavy atom. The second-order valence-corrected chi connectivity index (χ2v) is 5.49. The van der Waals surface area contributed by atoms with Gasteiger partial charge < -0.3 is 10.0 Å². The SMILES string of the molecule is CC(C)n1ncc(C(=O)N2CCCC(O)C2)c1C(F)(F)F. The van der Waals surface area contributed by atoms with E-state index in [0.717, 1.165) is 10.9 Å². The molecule has 5 nitrogen and oxygen atoms in total. The van der Waals surface area contributed by atoms with E-state index < -0.39 is 35.5 Å². The number of β-amino-alcohol motifs (C(OH)–C–C–N with tert-alkyl or cyclic N) is 1. The van der Waals surface area contributed by atoms with Gasteiger partial charge in [0.25, 0.3) is 5.91 Å². The number of aromatic nitrogens is 2. The van der Waals surface area contributed by atoms with E-state index in [4.69, 9.17) is 0 Å². The summed E-state index contributed by atoms with van der Waals surface area (Å²) in [6.45, 7) is 3.55. The van der Waals surface area contributed by atoms with Crippen LogP contribution < -0.4 is 0 Å². The summed E-state index contributed by atoms with van der Waals surface area (Å²) in [6.07, 6.45) is -3.24. The zero-order valence-corrected chi connectivity index (χ0v) is 11.9. The summed E-state index contributed by atoms with van der Waals surface area (Å²) in [4.78, 5) is 13.6. The van der Waals surface area contributed by atoms with Crippen molar-refractivity contribution >= 4 is 5.91 Å². The first-order chi connectivity index (χ1) is 9.71. The first-order valence-corrected chi connectivity index (χ1v) is 6.84. The first kappa shape index (κ1) is 15.8. The van der Waals surface area contributed by atoms with E-state index >= 15 is 0 Å². The van der Waals surface area contributed by atoms with Gasteiger partial charge in [-0.2, -0.15) is 18.3 Å². The Hall–Kier alpha value is -1.57. The minimum absolute atomic E-state index is 0.0585. The zero-order valence-electron chi connectivity index (χ0n) is 11.9. The van der Waals surface area contributed by atoms with Crippen molar-refractivity contribution in [2.45, 2.75) is 45.0 Å². The second kappa shape index (κ2) is 5.67. The van der Waals surface area contributed by atoms with Crippen molar-refractivity contribution in [1.82, 2.24) is 14.7 Å². The van der Waals surface area contributed by atoms with Crippen LogP contribution in [0.1, 0.15) is 48.8 Å². The Morgan fingerprint density at radius 1 is 1.48 bits per heavy atom. The van der Waals surface area contributed by atoms with Gasteiger partial charge in [-0.1, -0.05) is 0 Å². The summed E-state index contributed by atoms with van der Waals surface area (Å²) >= 11 is 0. The van der Waals surface area contributed by atoms with Crippen LogP contribution in [0, 0.1) is 0 Å². The zero-order chi connectivity index (χ0) is 15.8. The summed E-state index contributed by atoms with van der Waals surface area (Å²) in [5.74, 6) is -0.729. The number of hydrogen-bond acceptors (Lipinski definition) is 3. The maximum absolute atomic E-state index is 13.2. The lowest BCUT2D eigenvalue weighted by Crippen LogP contribution is -2.42. The maximum atomic E-state index is 13.2. The number of aliphatic hydroxyl groups is 1. The molecule has 1 aliphatic heterocycles. The highest BCUT2D eigenvalue weighted by Crippen LogP contribution is 2.34. The number of piperidine rings is 1. The van der Waals surface area contributed by atoms with Crippen LogP contribution in [0.25, 0.3) is 0 Å². The highest BCUT2D eigenvalue weighted by atomic mass is 19.4. The van der Waals surface area contributed by atoms with Crippen molar-refractivity contribution in [3.63, 3.8) is 0 Å². The molecule has 2 rings (SSSR count). The van der Waals surface area contributed by atoms with Crippen molar-refractivity contribution < 1.29 is 23.1 Å². The number of amides is 1. The molecule has 1 aliphatic rings. The van der Waals surface area contributed by atoms with Crippen molar-refractivity contribution in [3.8, 4) is 0 Å². The van der Waals surface area contributed by atoms with E-state index in [9.17, 15) is 23.1 Å². The van der Waals surface area contributed by atoms with Crippen LogP contribution in [0.4, 0.5) is 13.2 Å². The molecule has 2 heterocycles. The Kier molecular flexibility index (Phi) is 4.27. The van der Waals surface area contributed by atoms with E-state index in [2.05, 4.69) is 5.10 Å². The topological polar surface area (TPSA) is 58.4 Å². The Morgan fingerprint density at radius 2 is 2.14 bits per heavy atom. The van der Waals surface area contributed by atoms with Gasteiger partial charge in [0.2, 0.25) is 0 Å². The smallest absolute Gasteiger partial charge is 0.391 e. The van der Waals surface area contributed by atoms with Crippen LogP contribution in [-0.4, -0.2) is 44.9 Å². The summed E-state index contributed by atoms with van der Waals surface area (Å²) in [6, 6.07) is -0.505. The highest BCUT2D eigenvalue weighted by molar-refractivity contribution is 5.95. The third-order valence-corrected chi connectivity index (χ3v) is 3.47. The van der Waals surface area contributed by atoms with Crippen molar-refractivity contribution in [3.05, 3.63) is 17.5 Å².